The molecule has 3 rings (SSSR count). The van der Waals surface area contributed by atoms with E-state index in [1.807, 2.05) is 61.5 Å². The molecule has 2 aromatic rings. The highest BCUT2D eigenvalue weighted by Crippen LogP contribution is 2.26. The summed E-state index contributed by atoms with van der Waals surface area (Å²) in [5, 5.41) is 3.01. The average molecular weight is 455 g/mol. The van der Waals surface area contributed by atoms with Gasteiger partial charge >= 0.3 is 0 Å². The summed E-state index contributed by atoms with van der Waals surface area (Å²) in [5.41, 5.74) is 8.64. The number of benzene rings is 2. The number of hydrogen-bond donors (Lipinski definition) is 2. The Bertz CT molecular complexity index is 981. The summed E-state index contributed by atoms with van der Waals surface area (Å²) in [5.74, 6) is -1.16. The van der Waals surface area contributed by atoms with Gasteiger partial charge in [0.25, 0.3) is 0 Å². The third-order valence-electron chi connectivity index (χ3n) is 6.00. The number of amides is 3. The minimum absolute atomic E-state index is 0.0769. The van der Waals surface area contributed by atoms with Crippen molar-refractivity contribution in [3.63, 3.8) is 0 Å². The summed E-state index contributed by atoms with van der Waals surface area (Å²) >= 11 is 0. The molecule has 3 N–H and O–H groups in total. The zero-order valence-electron chi connectivity index (χ0n) is 19.2. The first kappa shape index (κ1) is 24.4. The van der Waals surface area contributed by atoms with Crippen molar-refractivity contribution >= 4 is 17.7 Å². The van der Waals surface area contributed by atoms with E-state index in [0.717, 1.165) is 16.7 Å². The predicted octanol–water partition coefficient (Wildman–Crippen LogP) is 2.33. The first-order valence-electron chi connectivity index (χ1n) is 11.0. The topological polar surface area (TPSA) is 95.7 Å². The number of nitrogens with two attached hydrogens (primary N) is 1. The number of rotatable bonds is 7. The summed E-state index contributed by atoms with van der Waals surface area (Å²) in [7, 11) is 1.50. The monoisotopic (exact) mass is 454 g/mol. The van der Waals surface area contributed by atoms with Crippen LogP contribution >= 0.6 is 0 Å². The molecule has 2 aromatic carbocycles. The van der Waals surface area contributed by atoms with E-state index < -0.39 is 30.1 Å². The molecule has 0 aromatic heterocycles. The van der Waals surface area contributed by atoms with E-state index in [1.54, 1.807) is 0 Å². The second-order valence-corrected chi connectivity index (χ2v) is 8.58. The summed E-state index contributed by atoms with van der Waals surface area (Å²) in [6.07, 6.45) is -1.38. The maximum Gasteiger partial charge on any atom is 0.243 e. The first-order chi connectivity index (χ1) is 15.7. The lowest BCUT2D eigenvalue weighted by atomic mass is 9.96. The van der Waals surface area contributed by atoms with Gasteiger partial charge in [0.2, 0.25) is 17.7 Å². The molecule has 8 heteroatoms. The molecule has 176 valence electrons. The largest absolute Gasteiger partial charge is 0.343 e. The van der Waals surface area contributed by atoms with Crippen LogP contribution in [0.4, 0.5) is 4.39 Å². The van der Waals surface area contributed by atoms with E-state index >= 15 is 0 Å². The van der Waals surface area contributed by atoms with Crippen molar-refractivity contribution in [2.75, 3.05) is 20.1 Å². The van der Waals surface area contributed by atoms with Crippen molar-refractivity contribution in [3.8, 4) is 0 Å². The highest BCUT2D eigenvalue weighted by atomic mass is 19.1. The quantitative estimate of drug-likeness (QED) is 0.671. The number of hydrogen-bond acceptors (Lipinski definition) is 4. The van der Waals surface area contributed by atoms with Crippen molar-refractivity contribution in [1.82, 2.24) is 15.1 Å². The molecule has 1 saturated heterocycles. The lowest BCUT2D eigenvalue weighted by molar-refractivity contribution is -0.142. The van der Waals surface area contributed by atoms with Crippen LogP contribution in [-0.4, -0.2) is 59.9 Å². The number of carbonyl (C=O) groups excluding carboxylic acids is 3. The third kappa shape index (κ3) is 5.96. The van der Waals surface area contributed by atoms with Crippen molar-refractivity contribution in [2.24, 2.45) is 5.73 Å². The maximum absolute atomic E-state index is 14.3. The minimum atomic E-state index is -1.30. The molecular weight excluding hydrogens is 423 g/mol. The van der Waals surface area contributed by atoms with Gasteiger partial charge in [-0.25, -0.2) is 4.39 Å². The van der Waals surface area contributed by atoms with Gasteiger partial charge in [0.1, 0.15) is 12.2 Å². The van der Waals surface area contributed by atoms with Gasteiger partial charge in [-0.2, -0.15) is 0 Å². The summed E-state index contributed by atoms with van der Waals surface area (Å²) in [4.78, 5) is 40.0. The summed E-state index contributed by atoms with van der Waals surface area (Å²) in [6, 6.07) is 15.6. The molecule has 0 saturated carbocycles. The fourth-order valence-corrected chi connectivity index (χ4v) is 3.95. The van der Waals surface area contributed by atoms with Crippen molar-refractivity contribution in [3.05, 3.63) is 71.3 Å². The second kappa shape index (κ2) is 10.6. The average Bonchev–Trinajstić information content (AvgIpc) is 3.20. The molecule has 33 heavy (non-hydrogen) atoms. The number of alkyl halides is 1. The van der Waals surface area contributed by atoms with Gasteiger partial charge in [0.05, 0.1) is 19.1 Å². The predicted molar refractivity (Wildman–Crippen MR) is 124 cm³/mol. The molecule has 3 amide bonds. The van der Waals surface area contributed by atoms with Crippen LogP contribution in [0.3, 0.4) is 0 Å². The molecular formula is C25H31FN4O3. The van der Waals surface area contributed by atoms with E-state index in [4.69, 9.17) is 5.73 Å². The molecule has 0 aliphatic carbocycles. The van der Waals surface area contributed by atoms with Crippen LogP contribution in [0, 0.1) is 0 Å². The lowest BCUT2D eigenvalue weighted by Crippen LogP contribution is -2.49. The second-order valence-electron chi connectivity index (χ2n) is 8.58. The summed E-state index contributed by atoms with van der Waals surface area (Å²) in [6.45, 7) is 2.88. The highest BCUT2D eigenvalue weighted by molar-refractivity contribution is 5.91. The lowest BCUT2D eigenvalue weighted by Gasteiger charge is -2.28. The third-order valence-corrected chi connectivity index (χ3v) is 6.00. The van der Waals surface area contributed by atoms with Gasteiger partial charge in [-0.1, -0.05) is 54.6 Å². The Kier molecular flexibility index (Phi) is 7.81. The first-order valence-corrected chi connectivity index (χ1v) is 11.0. The van der Waals surface area contributed by atoms with Gasteiger partial charge in [0, 0.05) is 26.4 Å². The van der Waals surface area contributed by atoms with Crippen molar-refractivity contribution in [1.29, 1.82) is 0 Å². The molecule has 1 heterocycles. The smallest absolute Gasteiger partial charge is 0.243 e. The Hall–Kier alpha value is -3.26. The van der Waals surface area contributed by atoms with Crippen LogP contribution < -0.4 is 11.1 Å². The van der Waals surface area contributed by atoms with E-state index in [0.29, 0.717) is 0 Å². The number of nitrogens with zero attached hydrogens (tertiary/aromatic N) is 2. The molecule has 1 unspecified atom stereocenters. The van der Waals surface area contributed by atoms with Crippen LogP contribution in [0.2, 0.25) is 0 Å². The van der Waals surface area contributed by atoms with Crippen LogP contribution in [0.25, 0.3) is 0 Å². The highest BCUT2D eigenvalue weighted by Gasteiger charge is 2.40. The van der Waals surface area contributed by atoms with Crippen molar-refractivity contribution < 1.29 is 18.8 Å². The number of likely N-dealkylation sites (N-methyl/N-ethyl adjacent to an activating group) is 1. The number of likely N-dealkylation sites (tertiary alicyclic amines) is 1. The normalized spacial score (nSPS) is 19.6. The van der Waals surface area contributed by atoms with E-state index in [1.165, 1.54) is 23.8 Å². The zero-order chi connectivity index (χ0) is 24.1. The van der Waals surface area contributed by atoms with Gasteiger partial charge < -0.3 is 20.9 Å². The fraction of sp³-hybridized carbons (Fsp3) is 0.400. The Labute approximate surface area is 193 Å². The van der Waals surface area contributed by atoms with Crippen LogP contribution in [0.5, 0.6) is 0 Å². The molecule has 1 aliphatic heterocycles. The van der Waals surface area contributed by atoms with Crippen LogP contribution in [-0.2, 0) is 14.4 Å². The molecule has 0 bridgehead atoms. The standard InChI is InChI=1S/C25H31FN4O3/c1-16(27)18-9-11-20(12-10-18)24(19-7-5-4-6-8-19)28-25(33)22-13-21(26)14-30(22)23(32)15-29(3)17(2)31/h4-12,16,21-22,24H,13-15,27H2,1-3H3,(H,28,33)/t16?,21-,22+,24+/m1/s1. The number of halogens is 1. The summed E-state index contributed by atoms with van der Waals surface area (Å²) < 4.78 is 14.3. The Morgan fingerprint density at radius 1 is 1.09 bits per heavy atom. The molecule has 1 aliphatic rings. The molecule has 7 nitrogen and oxygen atoms in total. The Morgan fingerprint density at radius 3 is 2.24 bits per heavy atom. The van der Waals surface area contributed by atoms with Crippen LogP contribution in [0.1, 0.15) is 49.0 Å². The van der Waals surface area contributed by atoms with Gasteiger partial charge in [-0.05, 0) is 23.6 Å². The van der Waals surface area contributed by atoms with Crippen molar-refractivity contribution in [2.45, 2.75) is 44.6 Å². The fourth-order valence-electron chi connectivity index (χ4n) is 3.95. The Morgan fingerprint density at radius 2 is 1.67 bits per heavy atom. The van der Waals surface area contributed by atoms with Crippen LogP contribution in [0.15, 0.2) is 54.6 Å². The number of carbonyl (C=O) groups is 3. The maximum atomic E-state index is 14.3. The van der Waals surface area contributed by atoms with E-state index in [9.17, 15) is 18.8 Å². The minimum Gasteiger partial charge on any atom is -0.343 e. The van der Waals surface area contributed by atoms with E-state index in [2.05, 4.69) is 5.32 Å². The van der Waals surface area contributed by atoms with Gasteiger partial charge in [-0.3, -0.25) is 14.4 Å². The number of nitrogens with one attached hydrogen (secondary N) is 1. The van der Waals surface area contributed by atoms with Gasteiger partial charge in [0.15, 0.2) is 0 Å². The SMILES string of the molecule is CC(=O)N(C)CC(=O)N1C[C@H](F)C[C@H]1C(=O)N[C@@H](c1ccccc1)c1ccc(C(C)N)cc1. The molecule has 4 atom stereocenters. The Balaban J connectivity index is 1.83. The zero-order valence-corrected chi connectivity index (χ0v) is 19.2. The molecule has 1 fully saturated rings. The van der Waals surface area contributed by atoms with Gasteiger partial charge in [-0.15, -0.1) is 0 Å². The molecule has 0 radical (unpaired) electrons. The van der Waals surface area contributed by atoms with E-state index in [-0.39, 0.29) is 31.5 Å². The molecule has 0 spiro atoms.